The first-order valence-corrected chi connectivity index (χ1v) is 27.4. The summed E-state index contributed by atoms with van der Waals surface area (Å²) in [4.78, 5) is 41.6. The summed E-state index contributed by atoms with van der Waals surface area (Å²) in [6, 6.07) is 21.1. The number of rotatable bonds is 9. The van der Waals surface area contributed by atoms with Crippen LogP contribution in [0.3, 0.4) is 0 Å². The van der Waals surface area contributed by atoms with Crippen LogP contribution in [0.15, 0.2) is 77.8 Å². The van der Waals surface area contributed by atoms with Crippen molar-refractivity contribution in [3.05, 3.63) is 99.7 Å². The third kappa shape index (κ3) is 8.60. The molecule has 2 aromatic heterocycles. The van der Waals surface area contributed by atoms with Crippen molar-refractivity contribution in [3.8, 4) is 11.6 Å². The fraction of sp³-hybridized carbons (Fsp3) is 0.519. The van der Waals surface area contributed by atoms with Gasteiger partial charge in [0.1, 0.15) is 24.0 Å². The Kier molecular flexibility index (Phi) is 11.9. The van der Waals surface area contributed by atoms with E-state index in [1.54, 1.807) is 6.07 Å². The average Bonchev–Trinajstić information content (AvgIpc) is 3.83. The monoisotopic (exact) mass is 1000 g/mol. The molecule has 5 aromatic rings. The first kappa shape index (κ1) is 47.1. The van der Waals surface area contributed by atoms with Crippen molar-refractivity contribution in [1.29, 1.82) is 0 Å². The number of aromatic amines is 1. The number of sulfonamides is 1. The molecule has 17 nitrogen and oxygen atoms in total. The predicted molar refractivity (Wildman–Crippen MR) is 273 cm³/mol. The van der Waals surface area contributed by atoms with E-state index in [1.165, 1.54) is 49.3 Å². The van der Waals surface area contributed by atoms with Crippen LogP contribution in [0.4, 0.5) is 28.4 Å². The van der Waals surface area contributed by atoms with Crippen molar-refractivity contribution in [2.75, 3.05) is 54.6 Å². The molecule has 2 aliphatic carbocycles. The molecule has 2 saturated carbocycles. The van der Waals surface area contributed by atoms with Crippen molar-refractivity contribution < 1.29 is 37.5 Å². The number of nitro groups is 1. The number of aliphatic hydroxyl groups is 1. The zero-order chi connectivity index (χ0) is 49.5. The summed E-state index contributed by atoms with van der Waals surface area (Å²) in [7, 11) is -4.70. The quantitative estimate of drug-likeness (QED) is 0.0806. The number of piperidine rings is 2. The molecule has 18 heteroatoms. The van der Waals surface area contributed by atoms with Crippen LogP contribution in [0.25, 0.3) is 11.0 Å². The van der Waals surface area contributed by atoms with E-state index in [1.807, 2.05) is 37.4 Å². The largest absolute Gasteiger partial charge is 0.489 e. The number of hydrogen-bond donors (Lipinski definition) is 4. The minimum absolute atomic E-state index is 0.0128. The Morgan fingerprint density at radius 3 is 2.54 bits per heavy atom. The zero-order valence-electron chi connectivity index (χ0n) is 41.0. The summed E-state index contributed by atoms with van der Waals surface area (Å²) >= 11 is 0. The molecule has 1 spiro atoms. The van der Waals surface area contributed by atoms with Crippen molar-refractivity contribution >= 4 is 55.4 Å². The average molecular weight is 1000 g/mol. The van der Waals surface area contributed by atoms with Gasteiger partial charge in [-0.3, -0.25) is 19.8 Å². The molecule has 4 atom stereocenters. The Hall–Kier alpha value is -5.95. The molecule has 3 aromatic carbocycles. The number of likely N-dealkylation sites (tertiary alicyclic amines) is 1. The molecule has 380 valence electrons. The van der Waals surface area contributed by atoms with Gasteiger partial charge in [-0.1, -0.05) is 30.7 Å². The van der Waals surface area contributed by atoms with Gasteiger partial charge in [-0.15, -0.1) is 0 Å². The highest BCUT2D eigenvalue weighted by molar-refractivity contribution is 7.90. The van der Waals surface area contributed by atoms with E-state index >= 15 is 0 Å². The summed E-state index contributed by atoms with van der Waals surface area (Å²) in [5, 5.41) is 27.2. The van der Waals surface area contributed by atoms with Gasteiger partial charge in [-0.2, -0.15) is 4.98 Å². The topological polar surface area (TPSA) is 205 Å². The molecule has 7 aliphatic rings. The standard InChI is InChI=1S/C54H64N8O9S/c1-33-7-3-4-8-39(33)42-9-5-6-21-60(42)37-29-54(30-37)18-22-59(23-19-54)36-10-11-40(44(26-36)61-43-15-24-69-32-48(43)71-52-46(61)25-35-14-20-55-50(35)57-52)51(63)58-72(67,68)38-27-45(62(65)66)49-47(28-38)70-31-41(56-49)34-12-16-53(2,64)17-13-34/h3-4,7-8,10-11,14,20,25-28,34,37,41-43,48,56,64H,5-6,9,12-13,15-19,21-24,29-32H2,1-2H3,(H,55,57)(H,58,63)/t34?,41?,42-,43+,48+,53?/m1/s1. The van der Waals surface area contributed by atoms with E-state index in [-0.39, 0.29) is 47.0 Å². The zero-order valence-corrected chi connectivity index (χ0v) is 41.8. The van der Waals surface area contributed by atoms with Gasteiger partial charge in [0.05, 0.1) is 45.4 Å². The first-order chi connectivity index (χ1) is 34.7. The fourth-order valence-corrected chi connectivity index (χ4v) is 14.3. The summed E-state index contributed by atoms with van der Waals surface area (Å²) in [6.45, 7) is 7.81. The van der Waals surface area contributed by atoms with E-state index < -0.39 is 43.1 Å². The molecule has 1 amide bonds. The molecule has 0 bridgehead atoms. The van der Waals surface area contributed by atoms with Gasteiger partial charge < -0.3 is 39.4 Å². The number of nitrogens with one attached hydrogen (secondary N) is 3. The Balaban J connectivity index is 0.836. The second-order valence-corrected chi connectivity index (χ2v) is 23.6. The lowest BCUT2D eigenvalue weighted by atomic mass is 9.59. The van der Waals surface area contributed by atoms with Crippen molar-refractivity contribution in [2.45, 2.75) is 132 Å². The molecule has 1 unspecified atom stereocenters. The number of ether oxygens (including phenoxy) is 3. The molecule has 72 heavy (non-hydrogen) atoms. The van der Waals surface area contributed by atoms with Crippen LogP contribution >= 0.6 is 0 Å². The van der Waals surface area contributed by atoms with Crippen LogP contribution in [-0.2, 0) is 14.8 Å². The number of pyridine rings is 1. The highest BCUT2D eigenvalue weighted by atomic mass is 32.2. The summed E-state index contributed by atoms with van der Waals surface area (Å²) in [5.74, 6) is -0.410. The van der Waals surface area contributed by atoms with Gasteiger partial charge >= 0.3 is 0 Å². The Morgan fingerprint density at radius 1 is 0.944 bits per heavy atom. The molecule has 4 N–H and O–H groups in total. The smallest absolute Gasteiger partial charge is 0.297 e. The number of amides is 1. The first-order valence-electron chi connectivity index (χ1n) is 25.9. The minimum atomic E-state index is -4.70. The van der Waals surface area contributed by atoms with Gasteiger partial charge in [0, 0.05) is 61.2 Å². The molecular weight excluding hydrogens is 937 g/mol. The Labute approximate surface area is 419 Å². The summed E-state index contributed by atoms with van der Waals surface area (Å²) in [6.07, 6.45) is 12.8. The summed E-state index contributed by atoms with van der Waals surface area (Å²) < 4.78 is 49.6. The minimum Gasteiger partial charge on any atom is -0.489 e. The molecule has 12 rings (SSSR count). The van der Waals surface area contributed by atoms with E-state index in [9.17, 15) is 28.4 Å². The van der Waals surface area contributed by atoms with E-state index in [4.69, 9.17) is 19.2 Å². The van der Waals surface area contributed by atoms with Crippen LogP contribution in [0, 0.1) is 28.4 Å². The predicted octanol–water partition coefficient (Wildman–Crippen LogP) is 8.68. The summed E-state index contributed by atoms with van der Waals surface area (Å²) in [5.41, 5.74) is 4.80. The maximum Gasteiger partial charge on any atom is 0.297 e. The van der Waals surface area contributed by atoms with Gasteiger partial charge in [-0.05, 0) is 144 Å². The second kappa shape index (κ2) is 18.2. The molecule has 5 fully saturated rings. The van der Waals surface area contributed by atoms with Gasteiger partial charge in [0.25, 0.3) is 21.6 Å². The molecule has 5 aliphatic heterocycles. The lowest BCUT2D eigenvalue weighted by Crippen LogP contribution is -2.56. The number of anilines is 4. The third-order valence-electron chi connectivity index (χ3n) is 17.4. The van der Waals surface area contributed by atoms with Crippen molar-refractivity contribution in [1.82, 2.24) is 19.6 Å². The van der Waals surface area contributed by atoms with Gasteiger partial charge in [0.2, 0.25) is 5.88 Å². The van der Waals surface area contributed by atoms with E-state index in [2.05, 4.69) is 60.9 Å². The number of aromatic nitrogens is 2. The lowest BCUT2D eigenvalue weighted by Gasteiger charge is -2.57. The number of benzene rings is 3. The number of H-pyrrole nitrogens is 1. The lowest BCUT2D eigenvalue weighted by molar-refractivity contribution is -0.384. The number of aryl methyl sites for hydroxylation is 1. The number of nitrogens with zero attached hydrogens (tertiary/aromatic N) is 5. The molecule has 3 saturated heterocycles. The van der Waals surface area contributed by atoms with Crippen LogP contribution in [0.5, 0.6) is 11.6 Å². The Morgan fingerprint density at radius 2 is 1.75 bits per heavy atom. The number of carbonyl (C=O) groups excluding carboxylic acids is 1. The maximum atomic E-state index is 14.8. The highest BCUT2D eigenvalue weighted by Gasteiger charge is 2.50. The SMILES string of the molecule is Cc1ccccc1[C@H]1CCCCN1C1CC2(CCN(c3ccc(C(=O)NS(=O)(=O)c4cc5c(c([N+](=O)[O-])c4)NC(C4CCC(C)(O)CC4)CO5)c(N4c5cc6cc[nH]c6nc5O[C@H]5COCC[C@@H]54)c3)CC2)C1. The number of fused-ring (bicyclic) bond motifs is 4. The van der Waals surface area contributed by atoms with Gasteiger partial charge in [-0.25, -0.2) is 13.1 Å². The Bertz CT molecular complexity index is 3030. The van der Waals surface area contributed by atoms with E-state index in [0.29, 0.717) is 80.3 Å². The highest BCUT2D eigenvalue weighted by Crippen LogP contribution is 2.54. The fourth-order valence-electron chi connectivity index (χ4n) is 13.3. The molecule has 7 heterocycles. The van der Waals surface area contributed by atoms with Crippen LogP contribution in [0.1, 0.15) is 112 Å². The van der Waals surface area contributed by atoms with E-state index in [0.717, 1.165) is 49.6 Å². The number of carbonyl (C=O) groups is 1. The van der Waals surface area contributed by atoms with Crippen LogP contribution in [-0.4, -0.2) is 109 Å². The second-order valence-electron chi connectivity index (χ2n) is 21.9. The normalized spacial score (nSPS) is 27.3. The van der Waals surface area contributed by atoms with Crippen LogP contribution < -0.4 is 29.3 Å². The molecule has 0 radical (unpaired) electrons. The maximum absolute atomic E-state index is 14.8. The van der Waals surface area contributed by atoms with Crippen molar-refractivity contribution in [3.63, 3.8) is 0 Å². The molecular formula is C54H64N8O9S. The number of nitro benzene ring substituents is 1. The van der Waals surface area contributed by atoms with Crippen LogP contribution in [0.2, 0.25) is 0 Å². The number of hydrogen-bond acceptors (Lipinski definition) is 14. The third-order valence-corrected chi connectivity index (χ3v) is 18.7. The van der Waals surface area contributed by atoms with Gasteiger partial charge in [0.15, 0.2) is 11.4 Å². The van der Waals surface area contributed by atoms with Crippen molar-refractivity contribution in [2.24, 2.45) is 11.3 Å².